The van der Waals surface area contributed by atoms with Gasteiger partial charge in [-0.2, -0.15) is 0 Å². The zero-order chi connectivity index (χ0) is 12.4. The van der Waals surface area contributed by atoms with Gasteiger partial charge in [-0.25, -0.2) is 0 Å². The van der Waals surface area contributed by atoms with Crippen molar-refractivity contribution >= 4 is 11.6 Å². The van der Waals surface area contributed by atoms with Crippen molar-refractivity contribution in [3.8, 4) is 0 Å². The van der Waals surface area contributed by atoms with E-state index in [1.165, 1.54) is 11.1 Å². The van der Waals surface area contributed by atoms with Crippen molar-refractivity contribution in [1.82, 2.24) is 0 Å². The molecule has 17 heavy (non-hydrogen) atoms. The van der Waals surface area contributed by atoms with Gasteiger partial charge in [-0.3, -0.25) is 0 Å². The van der Waals surface area contributed by atoms with Crippen LogP contribution in [-0.4, -0.2) is 0 Å². The van der Waals surface area contributed by atoms with Gasteiger partial charge in [0.15, 0.2) is 0 Å². The Labute approximate surface area is 107 Å². The molecule has 0 aromatic heterocycles. The lowest BCUT2D eigenvalue weighted by Crippen LogP contribution is -2.12. The summed E-state index contributed by atoms with van der Waals surface area (Å²) in [7, 11) is 0. The molecule has 0 heterocycles. The van der Waals surface area contributed by atoms with Crippen LogP contribution in [0.1, 0.15) is 28.3 Å². The van der Waals surface area contributed by atoms with Gasteiger partial charge in [-0.1, -0.05) is 41.9 Å². The fraction of sp³-hybridized carbons (Fsp3) is 0.200. The molecule has 0 aliphatic rings. The van der Waals surface area contributed by atoms with Crippen LogP contribution in [0.2, 0.25) is 5.02 Å². The molecule has 0 saturated carbocycles. The summed E-state index contributed by atoms with van der Waals surface area (Å²) >= 11 is 5.98. The summed E-state index contributed by atoms with van der Waals surface area (Å²) in [6.45, 7) is 4.20. The molecule has 0 bridgehead atoms. The normalized spacial score (nSPS) is 12.5. The highest BCUT2D eigenvalue weighted by atomic mass is 35.5. The maximum atomic E-state index is 6.25. The van der Waals surface area contributed by atoms with E-state index in [1.807, 2.05) is 24.3 Å². The molecule has 2 heteroatoms. The minimum Gasteiger partial charge on any atom is -0.320 e. The third-order valence-electron chi connectivity index (χ3n) is 3.10. The van der Waals surface area contributed by atoms with E-state index in [9.17, 15) is 0 Å². The first-order chi connectivity index (χ1) is 8.08. The summed E-state index contributed by atoms with van der Waals surface area (Å²) in [5, 5.41) is 0.724. The molecule has 1 unspecified atom stereocenters. The molecule has 0 radical (unpaired) electrons. The van der Waals surface area contributed by atoms with Crippen molar-refractivity contribution in [3.63, 3.8) is 0 Å². The monoisotopic (exact) mass is 245 g/mol. The van der Waals surface area contributed by atoms with E-state index < -0.39 is 0 Å². The molecular weight excluding hydrogens is 230 g/mol. The second-order valence-corrected chi connectivity index (χ2v) is 4.81. The van der Waals surface area contributed by atoms with Crippen LogP contribution in [0.5, 0.6) is 0 Å². The predicted molar refractivity (Wildman–Crippen MR) is 73.4 cm³/mol. The maximum absolute atomic E-state index is 6.25. The number of aryl methyl sites for hydroxylation is 2. The van der Waals surface area contributed by atoms with E-state index in [1.54, 1.807) is 0 Å². The van der Waals surface area contributed by atoms with Crippen molar-refractivity contribution in [2.75, 3.05) is 0 Å². The summed E-state index contributed by atoms with van der Waals surface area (Å²) in [5.41, 5.74) is 11.0. The van der Waals surface area contributed by atoms with Crippen molar-refractivity contribution in [1.29, 1.82) is 0 Å². The molecular formula is C15H16ClN. The van der Waals surface area contributed by atoms with Crippen molar-refractivity contribution in [3.05, 3.63) is 69.7 Å². The summed E-state index contributed by atoms with van der Waals surface area (Å²) < 4.78 is 0. The fourth-order valence-corrected chi connectivity index (χ4v) is 2.05. The maximum Gasteiger partial charge on any atom is 0.0552 e. The Bertz CT molecular complexity index is 534. The molecule has 2 aromatic carbocycles. The van der Waals surface area contributed by atoms with Crippen LogP contribution in [0.4, 0.5) is 0 Å². The van der Waals surface area contributed by atoms with Gasteiger partial charge in [0.2, 0.25) is 0 Å². The van der Waals surface area contributed by atoms with Crippen LogP contribution in [-0.2, 0) is 0 Å². The lowest BCUT2D eigenvalue weighted by molar-refractivity contribution is 0.869. The molecule has 1 atom stereocenters. The zero-order valence-electron chi connectivity index (χ0n) is 10.1. The predicted octanol–water partition coefficient (Wildman–Crippen LogP) is 4.00. The molecule has 88 valence electrons. The standard InChI is InChI=1S/C15H16ClN/c1-10-6-7-13(8-11(10)2)15(17)12-4-3-5-14(16)9-12/h3-9,15H,17H2,1-2H3. The highest BCUT2D eigenvalue weighted by Gasteiger charge is 2.09. The van der Waals surface area contributed by atoms with Crippen molar-refractivity contribution in [2.24, 2.45) is 5.73 Å². The summed E-state index contributed by atoms with van der Waals surface area (Å²) in [5.74, 6) is 0. The molecule has 2 rings (SSSR count). The minimum absolute atomic E-state index is 0.118. The van der Waals surface area contributed by atoms with E-state index in [4.69, 9.17) is 17.3 Å². The molecule has 0 aliphatic carbocycles. The third kappa shape index (κ3) is 2.68. The average molecular weight is 246 g/mol. The minimum atomic E-state index is -0.118. The van der Waals surface area contributed by atoms with Gasteiger partial charge in [0.1, 0.15) is 0 Å². The van der Waals surface area contributed by atoms with E-state index in [0.717, 1.165) is 16.1 Å². The van der Waals surface area contributed by atoms with Crippen LogP contribution in [0.15, 0.2) is 42.5 Å². The molecule has 0 spiro atoms. The largest absolute Gasteiger partial charge is 0.320 e. The van der Waals surface area contributed by atoms with Crippen molar-refractivity contribution < 1.29 is 0 Å². The first-order valence-corrected chi connectivity index (χ1v) is 6.04. The van der Waals surface area contributed by atoms with Crippen molar-refractivity contribution in [2.45, 2.75) is 19.9 Å². The first-order valence-electron chi connectivity index (χ1n) is 5.66. The van der Waals surface area contributed by atoms with Crippen LogP contribution in [0.3, 0.4) is 0 Å². The lowest BCUT2D eigenvalue weighted by atomic mass is 9.96. The molecule has 1 nitrogen and oxygen atoms in total. The van der Waals surface area contributed by atoms with E-state index in [-0.39, 0.29) is 6.04 Å². The van der Waals surface area contributed by atoms with Gasteiger partial charge in [-0.15, -0.1) is 0 Å². The summed E-state index contributed by atoms with van der Waals surface area (Å²) in [6.07, 6.45) is 0. The molecule has 0 saturated heterocycles. The molecule has 0 fully saturated rings. The van der Waals surface area contributed by atoms with Gasteiger partial charge in [0.05, 0.1) is 6.04 Å². The third-order valence-corrected chi connectivity index (χ3v) is 3.33. The quantitative estimate of drug-likeness (QED) is 0.850. The van der Waals surface area contributed by atoms with Crippen LogP contribution in [0.25, 0.3) is 0 Å². The second-order valence-electron chi connectivity index (χ2n) is 4.38. The Morgan fingerprint density at radius 2 is 1.65 bits per heavy atom. The number of rotatable bonds is 2. The number of benzene rings is 2. The van der Waals surface area contributed by atoms with E-state index in [0.29, 0.717) is 0 Å². The molecule has 0 amide bonds. The Morgan fingerprint density at radius 3 is 2.29 bits per heavy atom. The summed E-state index contributed by atoms with van der Waals surface area (Å²) in [6, 6.07) is 13.9. The highest BCUT2D eigenvalue weighted by molar-refractivity contribution is 6.30. The number of halogens is 1. The number of nitrogens with two attached hydrogens (primary N) is 1. The Morgan fingerprint density at radius 1 is 0.941 bits per heavy atom. The highest BCUT2D eigenvalue weighted by Crippen LogP contribution is 2.23. The van der Waals surface area contributed by atoms with Gasteiger partial charge in [0.25, 0.3) is 0 Å². The Hall–Kier alpha value is -1.31. The van der Waals surface area contributed by atoms with Crippen LogP contribution < -0.4 is 5.73 Å². The number of hydrogen-bond donors (Lipinski definition) is 1. The molecule has 2 aromatic rings. The smallest absolute Gasteiger partial charge is 0.0552 e. The zero-order valence-corrected chi connectivity index (χ0v) is 10.8. The Balaban J connectivity index is 2.36. The Kier molecular flexibility index (Phi) is 3.51. The first kappa shape index (κ1) is 12.2. The van der Waals surface area contributed by atoms with E-state index in [2.05, 4.69) is 32.0 Å². The second kappa shape index (κ2) is 4.91. The topological polar surface area (TPSA) is 26.0 Å². The summed E-state index contributed by atoms with van der Waals surface area (Å²) in [4.78, 5) is 0. The number of hydrogen-bond acceptors (Lipinski definition) is 1. The molecule has 2 N–H and O–H groups in total. The average Bonchev–Trinajstić information content (AvgIpc) is 2.32. The fourth-order valence-electron chi connectivity index (χ4n) is 1.85. The van der Waals surface area contributed by atoms with Crippen LogP contribution in [0, 0.1) is 13.8 Å². The molecule has 0 aliphatic heterocycles. The van der Waals surface area contributed by atoms with Gasteiger partial charge >= 0.3 is 0 Å². The van der Waals surface area contributed by atoms with Gasteiger partial charge < -0.3 is 5.73 Å². The van der Waals surface area contributed by atoms with E-state index >= 15 is 0 Å². The SMILES string of the molecule is Cc1ccc(C(N)c2cccc(Cl)c2)cc1C. The van der Waals surface area contributed by atoms with Crippen LogP contribution >= 0.6 is 11.6 Å². The lowest BCUT2D eigenvalue weighted by Gasteiger charge is -2.14. The van der Waals surface area contributed by atoms with Gasteiger partial charge in [0, 0.05) is 5.02 Å². The van der Waals surface area contributed by atoms with Gasteiger partial charge in [-0.05, 0) is 48.2 Å².